The second-order valence-electron chi connectivity index (χ2n) is 5.40. The number of para-hydroxylation sites is 1. The van der Waals surface area contributed by atoms with Gasteiger partial charge in [-0.25, -0.2) is 0 Å². The summed E-state index contributed by atoms with van der Waals surface area (Å²) in [6, 6.07) is 10.1. The largest absolute Gasteiger partial charge is 0.370 e. The van der Waals surface area contributed by atoms with Crippen molar-refractivity contribution in [3.63, 3.8) is 0 Å². The number of halogens is 1. The van der Waals surface area contributed by atoms with Crippen molar-refractivity contribution in [1.29, 1.82) is 0 Å². The Morgan fingerprint density at radius 2 is 1.90 bits per heavy atom. The lowest BCUT2D eigenvalue weighted by molar-refractivity contribution is -0.132. The van der Waals surface area contributed by atoms with Crippen molar-refractivity contribution in [3.05, 3.63) is 30.3 Å². The van der Waals surface area contributed by atoms with E-state index in [4.69, 9.17) is 5.73 Å². The van der Waals surface area contributed by atoms with Crippen LogP contribution in [-0.2, 0) is 4.79 Å². The normalized spacial score (nSPS) is 16.9. The highest BCUT2D eigenvalue weighted by atomic mass is 35.5. The fraction of sp³-hybridized carbons (Fsp3) is 0.562. The molecule has 1 heterocycles. The molecule has 1 aliphatic heterocycles. The van der Waals surface area contributed by atoms with Crippen LogP contribution < -0.4 is 10.6 Å². The van der Waals surface area contributed by atoms with Crippen LogP contribution in [0.2, 0.25) is 0 Å². The fourth-order valence-corrected chi connectivity index (χ4v) is 2.70. The summed E-state index contributed by atoms with van der Waals surface area (Å²) in [5, 5.41) is 0. The minimum Gasteiger partial charge on any atom is -0.370 e. The van der Waals surface area contributed by atoms with Gasteiger partial charge in [-0.05, 0) is 25.0 Å². The quantitative estimate of drug-likeness (QED) is 0.928. The van der Waals surface area contributed by atoms with Gasteiger partial charge < -0.3 is 15.5 Å². The molecule has 1 atom stereocenters. The zero-order chi connectivity index (χ0) is 14.4. The van der Waals surface area contributed by atoms with Crippen molar-refractivity contribution in [2.45, 2.75) is 32.2 Å². The molecule has 0 aromatic heterocycles. The number of carbonyl (C=O) groups is 1. The molecular weight excluding hydrogens is 286 g/mol. The zero-order valence-electron chi connectivity index (χ0n) is 12.7. The van der Waals surface area contributed by atoms with E-state index >= 15 is 0 Å². The Bertz CT molecular complexity index is 427. The van der Waals surface area contributed by atoms with Gasteiger partial charge in [0.25, 0.3) is 0 Å². The van der Waals surface area contributed by atoms with Crippen molar-refractivity contribution in [1.82, 2.24) is 4.90 Å². The molecule has 1 fully saturated rings. The zero-order valence-corrected chi connectivity index (χ0v) is 13.5. The Morgan fingerprint density at radius 1 is 1.19 bits per heavy atom. The number of hydrogen-bond acceptors (Lipinski definition) is 3. The molecule has 0 saturated carbocycles. The summed E-state index contributed by atoms with van der Waals surface area (Å²) in [5.41, 5.74) is 7.19. The van der Waals surface area contributed by atoms with Crippen LogP contribution in [0.4, 0.5) is 5.69 Å². The summed E-state index contributed by atoms with van der Waals surface area (Å²) in [6.07, 6.45) is 2.73. The number of nitrogens with zero attached hydrogens (tertiary/aromatic N) is 2. The first-order valence-electron chi connectivity index (χ1n) is 7.56. The maximum atomic E-state index is 12.3. The second kappa shape index (κ2) is 8.90. The predicted octanol–water partition coefficient (Wildman–Crippen LogP) is 2.27. The lowest BCUT2D eigenvalue weighted by atomic mass is 10.1. The van der Waals surface area contributed by atoms with Gasteiger partial charge >= 0.3 is 0 Å². The van der Waals surface area contributed by atoms with E-state index in [9.17, 15) is 4.79 Å². The topological polar surface area (TPSA) is 49.6 Å². The molecule has 0 spiro atoms. The van der Waals surface area contributed by atoms with Crippen molar-refractivity contribution in [2.24, 2.45) is 5.73 Å². The summed E-state index contributed by atoms with van der Waals surface area (Å²) in [6.45, 7) is 5.53. The molecule has 1 unspecified atom stereocenters. The standard InChI is InChI=1S/C16H25N3O.ClH/c1-2-7-15(17)16(20)19-11-6-10-18(12-13-19)14-8-4-3-5-9-14;/h3-5,8-9,15H,2,6-7,10-13,17H2,1H3;1H. The number of rotatable bonds is 4. The molecule has 0 aliphatic carbocycles. The van der Waals surface area contributed by atoms with Gasteiger partial charge in [0.1, 0.15) is 0 Å². The molecule has 118 valence electrons. The van der Waals surface area contributed by atoms with Gasteiger partial charge in [0.15, 0.2) is 0 Å². The van der Waals surface area contributed by atoms with Gasteiger partial charge in [0.05, 0.1) is 6.04 Å². The number of anilines is 1. The highest BCUT2D eigenvalue weighted by Gasteiger charge is 2.23. The highest BCUT2D eigenvalue weighted by Crippen LogP contribution is 2.16. The average Bonchev–Trinajstić information content (AvgIpc) is 2.73. The molecule has 5 heteroatoms. The molecule has 2 N–H and O–H groups in total. The lowest BCUT2D eigenvalue weighted by Gasteiger charge is -2.25. The summed E-state index contributed by atoms with van der Waals surface area (Å²) in [7, 11) is 0. The van der Waals surface area contributed by atoms with E-state index in [-0.39, 0.29) is 24.4 Å². The van der Waals surface area contributed by atoms with Crippen LogP contribution >= 0.6 is 12.4 Å². The van der Waals surface area contributed by atoms with Crippen LogP contribution in [0, 0.1) is 0 Å². The monoisotopic (exact) mass is 311 g/mol. The molecule has 1 aromatic carbocycles. The van der Waals surface area contributed by atoms with Crippen molar-refractivity contribution < 1.29 is 4.79 Å². The minimum atomic E-state index is -0.330. The number of amides is 1. The van der Waals surface area contributed by atoms with E-state index in [1.54, 1.807) is 0 Å². The molecule has 0 radical (unpaired) electrons. The van der Waals surface area contributed by atoms with Gasteiger partial charge in [0.2, 0.25) is 5.91 Å². The van der Waals surface area contributed by atoms with Crippen LogP contribution in [0.15, 0.2) is 30.3 Å². The Kier molecular flexibility index (Phi) is 7.54. The molecule has 0 bridgehead atoms. The van der Waals surface area contributed by atoms with Gasteiger partial charge in [-0.3, -0.25) is 4.79 Å². The van der Waals surface area contributed by atoms with E-state index in [1.165, 1.54) is 5.69 Å². The number of carbonyl (C=O) groups excluding carboxylic acids is 1. The highest BCUT2D eigenvalue weighted by molar-refractivity contribution is 5.85. The summed E-state index contributed by atoms with van der Waals surface area (Å²) < 4.78 is 0. The molecule has 2 rings (SSSR count). The van der Waals surface area contributed by atoms with Gasteiger partial charge in [0, 0.05) is 31.9 Å². The Hall–Kier alpha value is -1.26. The average molecular weight is 312 g/mol. The maximum absolute atomic E-state index is 12.3. The first-order chi connectivity index (χ1) is 9.72. The molecule has 1 saturated heterocycles. The van der Waals surface area contributed by atoms with Crippen molar-refractivity contribution >= 4 is 24.0 Å². The SMILES string of the molecule is CCCC(N)C(=O)N1CCCN(c2ccccc2)CC1.Cl. The van der Waals surface area contributed by atoms with E-state index in [0.717, 1.165) is 45.4 Å². The van der Waals surface area contributed by atoms with Crippen LogP contribution in [0.1, 0.15) is 26.2 Å². The van der Waals surface area contributed by atoms with Crippen molar-refractivity contribution in [3.8, 4) is 0 Å². The van der Waals surface area contributed by atoms with Crippen LogP contribution in [0.3, 0.4) is 0 Å². The number of benzene rings is 1. The molecule has 4 nitrogen and oxygen atoms in total. The Morgan fingerprint density at radius 3 is 2.57 bits per heavy atom. The summed E-state index contributed by atoms with van der Waals surface area (Å²) in [4.78, 5) is 16.5. The third-order valence-corrected chi connectivity index (χ3v) is 3.85. The predicted molar refractivity (Wildman–Crippen MR) is 90.0 cm³/mol. The first kappa shape index (κ1) is 17.8. The number of hydrogen-bond donors (Lipinski definition) is 1. The van der Waals surface area contributed by atoms with Crippen LogP contribution in [0.25, 0.3) is 0 Å². The summed E-state index contributed by atoms with van der Waals surface area (Å²) in [5.74, 6) is 0.113. The molecule has 1 amide bonds. The smallest absolute Gasteiger partial charge is 0.239 e. The van der Waals surface area contributed by atoms with E-state index in [1.807, 2.05) is 11.0 Å². The number of nitrogens with two attached hydrogens (primary N) is 1. The summed E-state index contributed by atoms with van der Waals surface area (Å²) >= 11 is 0. The van der Waals surface area contributed by atoms with E-state index in [2.05, 4.69) is 36.1 Å². The Labute approximate surface area is 133 Å². The maximum Gasteiger partial charge on any atom is 0.239 e. The first-order valence-corrected chi connectivity index (χ1v) is 7.56. The molecule has 1 aromatic rings. The molecular formula is C16H26ClN3O. The van der Waals surface area contributed by atoms with Crippen molar-refractivity contribution in [2.75, 3.05) is 31.1 Å². The van der Waals surface area contributed by atoms with Gasteiger partial charge in [-0.1, -0.05) is 31.5 Å². The molecule has 1 aliphatic rings. The van der Waals surface area contributed by atoms with Gasteiger partial charge in [-0.15, -0.1) is 12.4 Å². The Balaban J connectivity index is 0.00000220. The van der Waals surface area contributed by atoms with Crippen LogP contribution in [0.5, 0.6) is 0 Å². The minimum absolute atomic E-state index is 0. The van der Waals surface area contributed by atoms with E-state index in [0.29, 0.717) is 0 Å². The molecule has 21 heavy (non-hydrogen) atoms. The fourth-order valence-electron chi connectivity index (χ4n) is 2.70. The lowest BCUT2D eigenvalue weighted by Crippen LogP contribution is -2.45. The van der Waals surface area contributed by atoms with Crippen LogP contribution in [-0.4, -0.2) is 43.0 Å². The third kappa shape index (κ3) is 4.90. The van der Waals surface area contributed by atoms with Gasteiger partial charge in [-0.2, -0.15) is 0 Å². The van der Waals surface area contributed by atoms with E-state index < -0.39 is 0 Å². The second-order valence-corrected chi connectivity index (χ2v) is 5.40. The third-order valence-electron chi connectivity index (χ3n) is 3.85.